The van der Waals surface area contributed by atoms with Crippen molar-refractivity contribution >= 4 is 0 Å². The zero-order valence-corrected chi connectivity index (χ0v) is 5.67. The molecule has 1 heterocycles. The topological polar surface area (TPSA) is 30.9 Å². The van der Waals surface area contributed by atoms with Gasteiger partial charge in [-0.15, -0.1) is 0 Å². The third-order valence-electron chi connectivity index (χ3n) is 1.37. The van der Waals surface area contributed by atoms with E-state index < -0.39 is 0 Å². The molecule has 1 rings (SSSR count). The number of aryl methyl sites for hydroxylation is 1. The number of nitrogen functional groups attached to an aromatic ring is 1. The van der Waals surface area contributed by atoms with Gasteiger partial charge in [-0.2, -0.15) is 0 Å². The minimum absolute atomic E-state index is 1.07. The Labute approximate surface area is 55.3 Å². The molecule has 0 atom stereocenters. The number of aromatic nitrogens is 1. The zero-order valence-electron chi connectivity index (χ0n) is 5.67. The van der Waals surface area contributed by atoms with Crippen LogP contribution in [0.2, 0.25) is 0 Å². The largest absolute Gasteiger partial charge is 0.339 e. The van der Waals surface area contributed by atoms with Crippen LogP contribution in [0.3, 0.4) is 0 Å². The predicted molar refractivity (Wildman–Crippen MR) is 38.6 cm³/mol. The first kappa shape index (κ1) is 6.20. The first-order chi connectivity index (χ1) is 4.34. The van der Waals surface area contributed by atoms with Crippen molar-refractivity contribution in [2.24, 2.45) is 0 Å². The fourth-order valence-electron chi connectivity index (χ4n) is 0.897. The average Bonchev–Trinajstić information content (AvgIpc) is 2.18. The molecule has 2 heteroatoms. The molecular formula is C7H12N2. The maximum atomic E-state index is 5.54. The van der Waals surface area contributed by atoms with Gasteiger partial charge in [0.25, 0.3) is 0 Å². The molecule has 0 radical (unpaired) electrons. The summed E-state index contributed by atoms with van der Waals surface area (Å²) in [7, 11) is 0. The second-order valence-corrected chi connectivity index (χ2v) is 2.16. The standard InChI is InChI=1S/C7H12N2/c1-2-4-7-5-3-6-9(7)8/h3,5-6H,2,4,8H2,1H3. The van der Waals surface area contributed by atoms with Crippen molar-refractivity contribution in [3.05, 3.63) is 24.0 Å². The normalized spacial score (nSPS) is 9.89. The number of nitrogens with zero attached hydrogens (tertiary/aromatic N) is 1. The van der Waals surface area contributed by atoms with Gasteiger partial charge >= 0.3 is 0 Å². The summed E-state index contributed by atoms with van der Waals surface area (Å²) < 4.78 is 1.67. The average molecular weight is 124 g/mol. The minimum atomic E-state index is 1.07. The van der Waals surface area contributed by atoms with Gasteiger partial charge in [-0.1, -0.05) is 13.3 Å². The number of nitrogens with two attached hydrogens (primary N) is 1. The summed E-state index contributed by atoms with van der Waals surface area (Å²) in [5.74, 6) is 5.54. The summed E-state index contributed by atoms with van der Waals surface area (Å²) in [5.41, 5.74) is 1.21. The van der Waals surface area contributed by atoms with E-state index in [2.05, 4.69) is 6.92 Å². The molecule has 0 saturated carbocycles. The second kappa shape index (κ2) is 2.58. The quantitative estimate of drug-likeness (QED) is 0.589. The molecule has 2 nitrogen and oxygen atoms in total. The third kappa shape index (κ3) is 1.25. The van der Waals surface area contributed by atoms with Crippen LogP contribution in [-0.2, 0) is 6.42 Å². The van der Waals surface area contributed by atoms with Gasteiger partial charge in [0, 0.05) is 11.9 Å². The lowest BCUT2D eigenvalue weighted by atomic mass is 10.3. The van der Waals surface area contributed by atoms with Crippen molar-refractivity contribution in [2.45, 2.75) is 19.8 Å². The van der Waals surface area contributed by atoms with Gasteiger partial charge in [0.1, 0.15) is 0 Å². The lowest BCUT2D eigenvalue weighted by Gasteiger charge is -1.98. The fraction of sp³-hybridized carbons (Fsp3) is 0.429. The lowest BCUT2D eigenvalue weighted by molar-refractivity contribution is 0.823. The van der Waals surface area contributed by atoms with Gasteiger partial charge in [0.2, 0.25) is 0 Å². The van der Waals surface area contributed by atoms with Crippen LogP contribution in [0.15, 0.2) is 18.3 Å². The fourth-order valence-corrected chi connectivity index (χ4v) is 0.897. The summed E-state index contributed by atoms with van der Waals surface area (Å²) in [6.45, 7) is 2.15. The van der Waals surface area contributed by atoms with E-state index in [0.717, 1.165) is 12.8 Å². The van der Waals surface area contributed by atoms with Crippen molar-refractivity contribution in [1.82, 2.24) is 4.68 Å². The van der Waals surface area contributed by atoms with Gasteiger partial charge in [0.05, 0.1) is 0 Å². The van der Waals surface area contributed by atoms with Crippen LogP contribution in [0.4, 0.5) is 0 Å². The van der Waals surface area contributed by atoms with Crippen molar-refractivity contribution in [3.8, 4) is 0 Å². The smallest absolute Gasteiger partial charge is 0.0391 e. The molecule has 0 amide bonds. The van der Waals surface area contributed by atoms with E-state index in [1.54, 1.807) is 4.68 Å². The highest BCUT2D eigenvalue weighted by molar-refractivity contribution is 5.06. The predicted octanol–water partition coefficient (Wildman–Crippen LogP) is 1.15. The Morgan fingerprint density at radius 3 is 2.89 bits per heavy atom. The summed E-state index contributed by atoms with van der Waals surface area (Å²) in [6.07, 6.45) is 4.09. The SMILES string of the molecule is CCCc1cccn1N. The van der Waals surface area contributed by atoms with E-state index in [1.165, 1.54) is 5.69 Å². The first-order valence-corrected chi connectivity index (χ1v) is 3.26. The number of hydrogen-bond donors (Lipinski definition) is 1. The first-order valence-electron chi connectivity index (χ1n) is 3.26. The molecule has 1 aromatic rings. The maximum Gasteiger partial charge on any atom is 0.0391 e. The van der Waals surface area contributed by atoms with Crippen LogP contribution in [0, 0.1) is 0 Å². The van der Waals surface area contributed by atoms with E-state index >= 15 is 0 Å². The third-order valence-corrected chi connectivity index (χ3v) is 1.37. The van der Waals surface area contributed by atoms with Crippen LogP contribution in [0.5, 0.6) is 0 Å². The summed E-state index contributed by atoms with van der Waals surface area (Å²) in [4.78, 5) is 0. The van der Waals surface area contributed by atoms with E-state index in [1.807, 2.05) is 18.3 Å². The molecule has 2 N–H and O–H groups in total. The Kier molecular flexibility index (Phi) is 1.78. The molecular weight excluding hydrogens is 112 g/mol. The van der Waals surface area contributed by atoms with Crippen LogP contribution in [-0.4, -0.2) is 4.68 Å². The molecule has 9 heavy (non-hydrogen) atoms. The Morgan fingerprint density at radius 1 is 1.67 bits per heavy atom. The molecule has 0 unspecified atom stereocenters. The Balaban J connectivity index is 2.69. The highest BCUT2D eigenvalue weighted by Crippen LogP contribution is 1.99. The Hall–Kier alpha value is -0.920. The zero-order chi connectivity index (χ0) is 6.69. The van der Waals surface area contributed by atoms with Crippen LogP contribution >= 0.6 is 0 Å². The Morgan fingerprint density at radius 2 is 2.44 bits per heavy atom. The number of hydrogen-bond acceptors (Lipinski definition) is 1. The van der Waals surface area contributed by atoms with Crippen LogP contribution in [0.1, 0.15) is 19.0 Å². The van der Waals surface area contributed by atoms with Gasteiger partial charge in [-0.3, -0.25) is 4.68 Å². The van der Waals surface area contributed by atoms with Crippen LogP contribution < -0.4 is 5.84 Å². The van der Waals surface area contributed by atoms with E-state index in [9.17, 15) is 0 Å². The van der Waals surface area contributed by atoms with Crippen LogP contribution in [0.25, 0.3) is 0 Å². The van der Waals surface area contributed by atoms with Crippen molar-refractivity contribution in [1.29, 1.82) is 0 Å². The van der Waals surface area contributed by atoms with E-state index in [-0.39, 0.29) is 0 Å². The monoisotopic (exact) mass is 124 g/mol. The lowest BCUT2D eigenvalue weighted by Crippen LogP contribution is -2.09. The summed E-state index contributed by atoms with van der Waals surface area (Å²) >= 11 is 0. The van der Waals surface area contributed by atoms with E-state index in [4.69, 9.17) is 5.84 Å². The molecule has 0 aliphatic heterocycles. The summed E-state index contributed by atoms with van der Waals surface area (Å²) in [5, 5.41) is 0. The van der Waals surface area contributed by atoms with Gasteiger partial charge < -0.3 is 5.84 Å². The Bertz CT molecular complexity index is 179. The van der Waals surface area contributed by atoms with Gasteiger partial charge in [-0.25, -0.2) is 0 Å². The highest BCUT2D eigenvalue weighted by atomic mass is 15.3. The molecule has 0 aromatic carbocycles. The van der Waals surface area contributed by atoms with Gasteiger partial charge in [-0.05, 0) is 18.6 Å². The molecule has 50 valence electrons. The number of rotatable bonds is 2. The molecule has 0 bridgehead atoms. The molecule has 0 spiro atoms. The summed E-state index contributed by atoms with van der Waals surface area (Å²) in [6, 6.07) is 4.01. The second-order valence-electron chi connectivity index (χ2n) is 2.16. The van der Waals surface area contributed by atoms with Crippen molar-refractivity contribution < 1.29 is 0 Å². The molecule has 1 aromatic heterocycles. The van der Waals surface area contributed by atoms with Gasteiger partial charge in [0.15, 0.2) is 0 Å². The van der Waals surface area contributed by atoms with E-state index in [0.29, 0.717) is 0 Å². The minimum Gasteiger partial charge on any atom is -0.339 e. The maximum absolute atomic E-state index is 5.54. The molecule has 0 aliphatic carbocycles. The molecule has 0 saturated heterocycles. The van der Waals surface area contributed by atoms with Crippen molar-refractivity contribution in [2.75, 3.05) is 5.84 Å². The molecule has 0 aliphatic rings. The van der Waals surface area contributed by atoms with Crippen molar-refractivity contribution in [3.63, 3.8) is 0 Å². The molecule has 0 fully saturated rings. The highest BCUT2D eigenvalue weighted by Gasteiger charge is 1.92.